The van der Waals surface area contributed by atoms with Gasteiger partial charge in [0.1, 0.15) is 18.0 Å². The molecule has 2 aromatic carbocycles. The summed E-state index contributed by atoms with van der Waals surface area (Å²) in [6.07, 6.45) is 0. The zero-order valence-electron chi connectivity index (χ0n) is 17.7. The van der Waals surface area contributed by atoms with Gasteiger partial charge in [-0.1, -0.05) is 23.4 Å². The number of para-hydroxylation sites is 1. The number of carbonyl (C=O) groups is 2. The molecule has 0 bridgehead atoms. The van der Waals surface area contributed by atoms with E-state index in [1.807, 2.05) is 32.0 Å². The first-order chi connectivity index (χ1) is 14.8. The number of hydrogen-bond acceptors (Lipinski definition) is 7. The van der Waals surface area contributed by atoms with Crippen LogP contribution in [0.2, 0.25) is 0 Å². The van der Waals surface area contributed by atoms with Crippen LogP contribution >= 0.6 is 0 Å². The maximum absolute atomic E-state index is 12.6. The molecular weight excluding hydrogens is 400 g/mol. The normalized spacial score (nSPS) is 10.5. The first-order valence-corrected chi connectivity index (χ1v) is 9.42. The smallest absolute Gasteiger partial charge is 0.280 e. The highest BCUT2D eigenvalue weighted by atomic mass is 16.5. The molecular formula is C21H24N6O4. The van der Waals surface area contributed by atoms with Gasteiger partial charge in [-0.25, -0.2) is 4.68 Å². The molecule has 4 N–H and O–H groups in total. The number of methoxy groups -OCH3 is 2. The summed E-state index contributed by atoms with van der Waals surface area (Å²) in [6.45, 7) is 3.62. The fourth-order valence-electron chi connectivity index (χ4n) is 3.01. The van der Waals surface area contributed by atoms with Crippen molar-refractivity contribution in [2.45, 2.75) is 20.4 Å². The van der Waals surface area contributed by atoms with Crippen LogP contribution in [0.1, 0.15) is 21.6 Å². The van der Waals surface area contributed by atoms with Gasteiger partial charge >= 0.3 is 0 Å². The summed E-state index contributed by atoms with van der Waals surface area (Å²) < 4.78 is 11.6. The van der Waals surface area contributed by atoms with Gasteiger partial charge in [-0.15, -0.1) is 5.10 Å². The van der Waals surface area contributed by atoms with Crippen LogP contribution in [0.25, 0.3) is 0 Å². The molecule has 2 amide bonds. The number of ether oxygens (including phenoxy) is 2. The number of nitrogens with two attached hydrogens (primary N) is 1. The molecule has 10 nitrogen and oxygen atoms in total. The molecule has 1 aromatic heterocycles. The fraction of sp³-hybridized carbons (Fsp3) is 0.238. The van der Waals surface area contributed by atoms with Crippen molar-refractivity contribution in [2.24, 2.45) is 0 Å². The molecule has 0 fully saturated rings. The third kappa shape index (κ3) is 4.74. The summed E-state index contributed by atoms with van der Waals surface area (Å²) in [5.41, 5.74) is 8.94. The first kappa shape index (κ1) is 21.6. The Bertz CT molecular complexity index is 1100. The highest BCUT2D eigenvalue weighted by molar-refractivity contribution is 6.06. The topological polar surface area (TPSA) is 133 Å². The Morgan fingerprint density at radius 3 is 2.42 bits per heavy atom. The molecule has 0 saturated carbocycles. The molecule has 0 radical (unpaired) electrons. The Hall–Kier alpha value is -4.08. The van der Waals surface area contributed by atoms with Crippen molar-refractivity contribution in [3.8, 4) is 11.5 Å². The van der Waals surface area contributed by atoms with Gasteiger partial charge in [0, 0.05) is 11.8 Å². The van der Waals surface area contributed by atoms with E-state index >= 15 is 0 Å². The lowest BCUT2D eigenvalue weighted by atomic mass is 10.1. The van der Waals surface area contributed by atoms with Crippen LogP contribution in [0, 0.1) is 13.8 Å². The lowest BCUT2D eigenvalue weighted by Crippen LogP contribution is -2.22. The summed E-state index contributed by atoms with van der Waals surface area (Å²) in [7, 11) is 3.01. The number of rotatable bonds is 7. The number of benzene rings is 2. The van der Waals surface area contributed by atoms with Gasteiger partial charge in [-0.3, -0.25) is 9.59 Å². The van der Waals surface area contributed by atoms with E-state index in [-0.39, 0.29) is 24.0 Å². The molecule has 0 saturated heterocycles. The highest BCUT2D eigenvalue weighted by Gasteiger charge is 2.20. The molecule has 10 heteroatoms. The van der Waals surface area contributed by atoms with Gasteiger partial charge in [0.15, 0.2) is 11.5 Å². The van der Waals surface area contributed by atoms with E-state index in [1.165, 1.54) is 18.9 Å². The van der Waals surface area contributed by atoms with Crippen LogP contribution in [0.3, 0.4) is 0 Å². The third-order valence-electron chi connectivity index (χ3n) is 4.68. The average Bonchev–Trinajstić information content (AvgIpc) is 3.11. The Kier molecular flexibility index (Phi) is 6.39. The molecule has 31 heavy (non-hydrogen) atoms. The Balaban J connectivity index is 1.72. The van der Waals surface area contributed by atoms with Crippen molar-refractivity contribution in [2.75, 3.05) is 30.6 Å². The van der Waals surface area contributed by atoms with Crippen LogP contribution in [0.5, 0.6) is 11.5 Å². The molecule has 3 rings (SSSR count). The molecule has 162 valence electrons. The van der Waals surface area contributed by atoms with Crippen molar-refractivity contribution in [1.29, 1.82) is 0 Å². The standard InChI is InChI=1S/C21H24N6O4/c1-12-6-5-7-13(2)18(12)24-17(28)11-27-20(22)19(25-26-27)21(29)23-15-9-8-14(30-3)10-16(15)31-4/h5-10H,11,22H2,1-4H3,(H,23,29)(H,24,28). The van der Waals surface area contributed by atoms with Gasteiger partial charge in [-0.2, -0.15) is 0 Å². The van der Waals surface area contributed by atoms with E-state index in [9.17, 15) is 9.59 Å². The lowest BCUT2D eigenvalue weighted by Gasteiger charge is -2.12. The van der Waals surface area contributed by atoms with Crippen molar-refractivity contribution in [1.82, 2.24) is 15.0 Å². The van der Waals surface area contributed by atoms with Gasteiger partial charge in [0.05, 0.1) is 19.9 Å². The van der Waals surface area contributed by atoms with Crippen molar-refractivity contribution >= 4 is 29.0 Å². The van der Waals surface area contributed by atoms with E-state index in [0.29, 0.717) is 17.2 Å². The maximum atomic E-state index is 12.6. The van der Waals surface area contributed by atoms with E-state index in [1.54, 1.807) is 18.2 Å². The Morgan fingerprint density at radius 2 is 1.77 bits per heavy atom. The summed E-state index contributed by atoms with van der Waals surface area (Å²) in [5, 5.41) is 13.2. The number of nitrogens with zero attached hydrogens (tertiary/aromatic N) is 3. The number of aryl methyl sites for hydroxylation is 2. The first-order valence-electron chi connectivity index (χ1n) is 9.42. The number of anilines is 3. The number of carbonyl (C=O) groups excluding carboxylic acids is 2. The quantitative estimate of drug-likeness (QED) is 0.530. The second kappa shape index (κ2) is 9.16. The SMILES string of the molecule is COc1ccc(NC(=O)c2nnn(CC(=O)Nc3c(C)cccc3C)c2N)c(OC)c1. The Labute approximate surface area is 179 Å². The van der Waals surface area contributed by atoms with E-state index in [2.05, 4.69) is 20.9 Å². The highest BCUT2D eigenvalue weighted by Crippen LogP contribution is 2.29. The monoisotopic (exact) mass is 424 g/mol. The molecule has 0 aliphatic rings. The second-order valence-electron chi connectivity index (χ2n) is 6.82. The summed E-state index contributed by atoms with van der Waals surface area (Å²) in [5.74, 6) is 0.0450. The third-order valence-corrected chi connectivity index (χ3v) is 4.68. The van der Waals surface area contributed by atoms with E-state index in [4.69, 9.17) is 15.2 Å². The zero-order chi connectivity index (χ0) is 22.5. The fourth-order valence-corrected chi connectivity index (χ4v) is 3.01. The Morgan fingerprint density at radius 1 is 1.06 bits per heavy atom. The van der Waals surface area contributed by atoms with Gasteiger partial charge in [0.2, 0.25) is 5.91 Å². The van der Waals surface area contributed by atoms with Crippen molar-refractivity contribution < 1.29 is 19.1 Å². The van der Waals surface area contributed by atoms with Crippen LogP contribution in [0.4, 0.5) is 17.2 Å². The lowest BCUT2D eigenvalue weighted by molar-refractivity contribution is -0.116. The minimum absolute atomic E-state index is 0.0263. The van der Waals surface area contributed by atoms with Crippen LogP contribution in [-0.4, -0.2) is 41.0 Å². The number of nitrogens with one attached hydrogen (secondary N) is 2. The van der Waals surface area contributed by atoms with Crippen molar-refractivity contribution in [3.05, 3.63) is 53.2 Å². The summed E-state index contributed by atoms with van der Waals surface area (Å²) >= 11 is 0. The van der Waals surface area contributed by atoms with Crippen LogP contribution in [0.15, 0.2) is 36.4 Å². The summed E-state index contributed by atoms with van der Waals surface area (Å²) in [4.78, 5) is 25.1. The molecule has 0 spiro atoms. The number of amides is 2. The minimum Gasteiger partial charge on any atom is -0.497 e. The second-order valence-corrected chi connectivity index (χ2v) is 6.82. The number of aromatic nitrogens is 3. The number of nitrogen functional groups attached to an aromatic ring is 1. The van der Waals surface area contributed by atoms with Crippen LogP contribution < -0.4 is 25.8 Å². The maximum Gasteiger partial charge on any atom is 0.280 e. The molecule has 1 heterocycles. The zero-order valence-corrected chi connectivity index (χ0v) is 17.7. The average molecular weight is 424 g/mol. The minimum atomic E-state index is -0.581. The van der Waals surface area contributed by atoms with E-state index in [0.717, 1.165) is 16.8 Å². The van der Waals surface area contributed by atoms with Crippen molar-refractivity contribution in [3.63, 3.8) is 0 Å². The van der Waals surface area contributed by atoms with Gasteiger partial charge < -0.3 is 25.8 Å². The number of hydrogen-bond donors (Lipinski definition) is 3. The molecule has 0 aliphatic heterocycles. The largest absolute Gasteiger partial charge is 0.497 e. The van der Waals surface area contributed by atoms with Crippen LogP contribution in [-0.2, 0) is 11.3 Å². The van der Waals surface area contributed by atoms with E-state index < -0.39 is 5.91 Å². The predicted octanol–water partition coefficient (Wildman–Crippen LogP) is 2.39. The molecule has 0 atom stereocenters. The molecule has 0 aliphatic carbocycles. The molecule has 3 aromatic rings. The summed E-state index contributed by atoms with van der Waals surface area (Å²) in [6, 6.07) is 10.7. The van der Waals surface area contributed by atoms with Gasteiger partial charge in [0.25, 0.3) is 5.91 Å². The van der Waals surface area contributed by atoms with Gasteiger partial charge in [-0.05, 0) is 37.1 Å². The predicted molar refractivity (Wildman–Crippen MR) is 116 cm³/mol. The molecule has 0 unspecified atom stereocenters.